The minimum atomic E-state index is -0.896. The minimum Gasteiger partial charge on any atom is -0.481 e. The minimum absolute atomic E-state index is 0.0582. The average molecular weight is 302 g/mol. The molecule has 0 bridgehead atoms. The van der Waals surface area contributed by atoms with E-state index in [0.29, 0.717) is 26.2 Å². The van der Waals surface area contributed by atoms with Gasteiger partial charge in [0.2, 0.25) is 0 Å². The number of carboxylic acid groups (broad SMARTS) is 1. The second-order valence-electron chi connectivity index (χ2n) is 5.60. The van der Waals surface area contributed by atoms with Gasteiger partial charge in [0.05, 0.1) is 19.1 Å². The van der Waals surface area contributed by atoms with Crippen molar-refractivity contribution >= 4 is 23.8 Å². The fourth-order valence-corrected chi connectivity index (χ4v) is 3.82. The highest BCUT2D eigenvalue weighted by Crippen LogP contribution is 2.36. The maximum atomic E-state index is 12.1. The van der Waals surface area contributed by atoms with Crippen molar-refractivity contribution in [2.45, 2.75) is 37.0 Å². The topological polar surface area (TPSA) is 78.9 Å². The number of amides is 2. The van der Waals surface area contributed by atoms with Crippen molar-refractivity contribution in [1.82, 2.24) is 10.2 Å². The van der Waals surface area contributed by atoms with E-state index in [-0.39, 0.29) is 17.2 Å². The monoisotopic (exact) mass is 302 g/mol. The summed E-state index contributed by atoms with van der Waals surface area (Å²) in [5.74, 6) is 0.261. The summed E-state index contributed by atoms with van der Waals surface area (Å²) in [4.78, 5) is 24.5. The van der Waals surface area contributed by atoms with Crippen molar-refractivity contribution < 1.29 is 19.4 Å². The Kier molecular flexibility index (Phi) is 5.15. The van der Waals surface area contributed by atoms with E-state index in [9.17, 15) is 9.59 Å². The molecule has 2 heterocycles. The lowest BCUT2D eigenvalue weighted by Gasteiger charge is -2.33. The van der Waals surface area contributed by atoms with Gasteiger partial charge in [0.25, 0.3) is 0 Å². The molecule has 2 N–H and O–H groups in total. The zero-order chi connectivity index (χ0) is 14.6. The number of carbonyl (C=O) groups excluding carboxylic acids is 1. The molecule has 0 radical (unpaired) electrons. The molecule has 0 aromatic heterocycles. The summed E-state index contributed by atoms with van der Waals surface area (Å²) in [6, 6.07) is -0.114. The highest BCUT2D eigenvalue weighted by atomic mass is 32.2. The number of hydrogen-bond acceptors (Lipinski definition) is 4. The van der Waals surface area contributed by atoms with Crippen molar-refractivity contribution in [3.63, 3.8) is 0 Å². The van der Waals surface area contributed by atoms with Gasteiger partial charge in [0.1, 0.15) is 0 Å². The van der Waals surface area contributed by atoms with E-state index < -0.39 is 12.1 Å². The number of thioether (sulfide) groups is 1. The van der Waals surface area contributed by atoms with Crippen LogP contribution in [0.1, 0.15) is 26.2 Å². The molecule has 2 aliphatic heterocycles. The summed E-state index contributed by atoms with van der Waals surface area (Å²) in [5.41, 5.74) is 0. The van der Waals surface area contributed by atoms with Crippen LogP contribution in [0.15, 0.2) is 0 Å². The van der Waals surface area contributed by atoms with E-state index in [1.165, 1.54) is 6.42 Å². The average Bonchev–Trinajstić information content (AvgIpc) is 2.83. The van der Waals surface area contributed by atoms with E-state index in [1.807, 2.05) is 11.8 Å². The number of rotatable bonds is 4. The third-order valence-electron chi connectivity index (χ3n) is 3.74. The molecule has 0 aliphatic carbocycles. The molecule has 114 valence electrons. The number of nitrogens with one attached hydrogen (secondary N) is 1. The molecule has 2 fully saturated rings. The van der Waals surface area contributed by atoms with Gasteiger partial charge in [0.15, 0.2) is 0 Å². The summed E-state index contributed by atoms with van der Waals surface area (Å²) in [5, 5.41) is 11.7. The first kappa shape index (κ1) is 15.4. The summed E-state index contributed by atoms with van der Waals surface area (Å²) >= 11 is 1.91. The standard InChI is InChI=1S/C13H22N2O4S/c1-13(3-2-6-20-13)9-14-12(18)15-4-5-19-10(8-15)7-11(16)17/h10H,2-9H2,1H3,(H,14,18)(H,16,17). The van der Waals surface area contributed by atoms with E-state index in [2.05, 4.69) is 12.2 Å². The second kappa shape index (κ2) is 6.67. The van der Waals surface area contributed by atoms with Gasteiger partial charge in [-0.2, -0.15) is 11.8 Å². The van der Waals surface area contributed by atoms with Gasteiger partial charge in [-0.25, -0.2) is 4.79 Å². The molecule has 0 aromatic carbocycles. The number of nitrogens with zero attached hydrogens (tertiary/aromatic N) is 1. The molecule has 0 spiro atoms. The number of aliphatic carboxylic acids is 1. The fraction of sp³-hybridized carbons (Fsp3) is 0.846. The molecule has 2 amide bonds. The largest absolute Gasteiger partial charge is 0.481 e. The van der Waals surface area contributed by atoms with Crippen LogP contribution in [0.2, 0.25) is 0 Å². The van der Waals surface area contributed by atoms with Gasteiger partial charge in [-0.05, 0) is 25.5 Å². The Morgan fingerprint density at radius 1 is 1.55 bits per heavy atom. The van der Waals surface area contributed by atoms with Gasteiger partial charge in [-0.15, -0.1) is 0 Å². The number of ether oxygens (including phenoxy) is 1. The van der Waals surface area contributed by atoms with Crippen LogP contribution in [0.25, 0.3) is 0 Å². The predicted molar refractivity (Wildman–Crippen MR) is 77.1 cm³/mol. The van der Waals surface area contributed by atoms with E-state index >= 15 is 0 Å². The summed E-state index contributed by atoms with van der Waals surface area (Å²) < 4.78 is 5.50. The fourth-order valence-electron chi connectivity index (χ4n) is 2.57. The van der Waals surface area contributed by atoms with Gasteiger partial charge < -0.3 is 20.1 Å². The number of hydrogen-bond donors (Lipinski definition) is 2. The smallest absolute Gasteiger partial charge is 0.317 e. The third kappa shape index (κ3) is 4.28. The number of carboxylic acids is 1. The van der Waals surface area contributed by atoms with E-state index in [4.69, 9.17) is 9.84 Å². The normalized spacial score (nSPS) is 30.2. The maximum Gasteiger partial charge on any atom is 0.317 e. The first-order valence-corrected chi connectivity index (χ1v) is 7.97. The molecule has 0 aromatic rings. The zero-order valence-corrected chi connectivity index (χ0v) is 12.6. The molecule has 2 saturated heterocycles. The Balaban J connectivity index is 1.78. The van der Waals surface area contributed by atoms with E-state index in [1.54, 1.807) is 4.90 Å². The molecule has 20 heavy (non-hydrogen) atoms. The maximum absolute atomic E-state index is 12.1. The van der Waals surface area contributed by atoms with Crippen molar-refractivity contribution in [2.75, 3.05) is 32.0 Å². The summed E-state index contributed by atoms with van der Waals surface area (Å²) in [6.45, 7) is 4.11. The highest BCUT2D eigenvalue weighted by molar-refractivity contribution is 8.00. The number of carbonyl (C=O) groups is 2. The molecular weight excluding hydrogens is 280 g/mol. The predicted octanol–water partition coefficient (Wildman–Crippen LogP) is 1.16. The Morgan fingerprint density at radius 3 is 3.00 bits per heavy atom. The van der Waals surface area contributed by atoms with Gasteiger partial charge in [-0.3, -0.25) is 4.79 Å². The molecule has 2 aliphatic rings. The van der Waals surface area contributed by atoms with Crippen molar-refractivity contribution in [2.24, 2.45) is 0 Å². The number of urea groups is 1. The Morgan fingerprint density at radius 2 is 2.35 bits per heavy atom. The molecule has 2 atom stereocenters. The SMILES string of the molecule is CC1(CNC(=O)N2CCOC(CC(=O)O)C2)CCCS1. The van der Waals surface area contributed by atoms with Gasteiger partial charge in [-0.1, -0.05) is 0 Å². The lowest BCUT2D eigenvalue weighted by atomic mass is 10.1. The lowest BCUT2D eigenvalue weighted by Crippen LogP contribution is -2.51. The van der Waals surface area contributed by atoms with Gasteiger partial charge in [0, 0.05) is 24.4 Å². The Bertz CT molecular complexity index is 371. The first-order valence-electron chi connectivity index (χ1n) is 6.99. The van der Waals surface area contributed by atoms with E-state index in [0.717, 1.165) is 12.2 Å². The highest BCUT2D eigenvalue weighted by Gasteiger charge is 2.31. The van der Waals surface area contributed by atoms with Crippen LogP contribution in [0, 0.1) is 0 Å². The first-order chi connectivity index (χ1) is 9.48. The van der Waals surface area contributed by atoms with Crippen LogP contribution in [-0.4, -0.2) is 64.9 Å². The summed E-state index contributed by atoms with van der Waals surface area (Å²) in [7, 11) is 0. The number of morpholine rings is 1. The van der Waals surface area contributed by atoms with Crippen molar-refractivity contribution in [1.29, 1.82) is 0 Å². The van der Waals surface area contributed by atoms with Crippen molar-refractivity contribution in [3.05, 3.63) is 0 Å². The third-order valence-corrected chi connectivity index (χ3v) is 5.28. The second-order valence-corrected chi connectivity index (χ2v) is 7.28. The molecule has 0 saturated carbocycles. The van der Waals surface area contributed by atoms with Crippen LogP contribution >= 0.6 is 11.8 Å². The molecule has 7 heteroatoms. The lowest BCUT2D eigenvalue weighted by molar-refractivity contribution is -0.141. The van der Waals surface area contributed by atoms with Crippen LogP contribution in [0.5, 0.6) is 0 Å². The quantitative estimate of drug-likeness (QED) is 0.814. The Hall–Kier alpha value is -0.950. The van der Waals surface area contributed by atoms with Crippen molar-refractivity contribution in [3.8, 4) is 0 Å². The molecule has 6 nitrogen and oxygen atoms in total. The van der Waals surface area contributed by atoms with Crippen LogP contribution in [-0.2, 0) is 9.53 Å². The Labute approximate surface area is 123 Å². The van der Waals surface area contributed by atoms with Crippen LogP contribution in [0.4, 0.5) is 4.79 Å². The molecule has 2 rings (SSSR count). The van der Waals surface area contributed by atoms with Gasteiger partial charge >= 0.3 is 12.0 Å². The molecule has 2 unspecified atom stereocenters. The van der Waals surface area contributed by atoms with Crippen LogP contribution in [0.3, 0.4) is 0 Å². The summed E-state index contributed by atoms with van der Waals surface area (Å²) in [6.07, 6.45) is 1.87. The molecular formula is C13H22N2O4S. The van der Waals surface area contributed by atoms with Crippen LogP contribution < -0.4 is 5.32 Å². The zero-order valence-electron chi connectivity index (χ0n) is 11.8.